The Morgan fingerprint density at radius 3 is 2.63 bits per heavy atom. The first-order chi connectivity index (χ1) is 14.5. The van der Waals surface area contributed by atoms with Crippen LogP contribution in [0.5, 0.6) is 0 Å². The molecule has 4 rings (SSSR count). The molecule has 0 bridgehead atoms. The number of carbonyl (C=O) groups is 2. The van der Waals surface area contributed by atoms with E-state index in [1.165, 1.54) is 0 Å². The van der Waals surface area contributed by atoms with Gasteiger partial charge in [0.2, 0.25) is 0 Å². The minimum Gasteiger partial charge on any atom is -0.459 e. The van der Waals surface area contributed by atoms with Gasteiger partial charge in [-0.05, 0) is 54.6 Å². The Balaban J connectivity index is 1.49. The molecule has 2 heterocycles. The first kappa shape index (κ1) is 20.3. The van der Waals surface area contributed by atoms with Crippen molar-refractivity contribution in [2.45, 2.75) is 25.5 Å². The largest absolute Gasteiger partial charge is 0.459 e. The summed E-state index contributed by atoms with van der Waals surface area (Å²) in [6.45, 7) is 0.388. The monoisotopic (exact) mass is 468 g/mol. The average molecular weight is 469 g/mol. The van der Waals surface area contributed by atoms with Crippen LogP contribution in [-0.4, -0.2) is 33.9 Å². The molecule has 7 heteroatoms. The number of likely N-dealkylation sites (tertiary alicyclic amines) is 1. The molecule has 6 nitrogen and oxygen atoms in total. The maximum absolute atomic E-state index is 12.8. The Labute approximate surface area is 182 Å². The van der Waals surface area contributed by atoms with Gasteiger partial charge in [-0.25, -0.2) is 4.79 Å². The van der Waals surface area contributed by atoms with Gasteiger partial charge in [0.05, 0.1) is 11.1 Å². The molecule has 30 heavy (non-hydrogen) atoms. The molecule has 154 valence electrons. The van der Waals surface area contributed by atoms with Crippen molar-refractivity contribution in [1.29, 1.82) is 0 Å². The van der Waals surface area contributed by atoms with E-state index >= 15 is 0 Å². The fourth-order valence-corrected chi connectivity index (χ4v) is 4.12. The third kappa shape index (κ3) is 3.89. The molecule has 1 atom stereocenters. The van der Waals surface area contributed by atoms with Gasteiger partial charge in [-0.1, -0.05) is 34.1 Å². The molecule has 1 fully saturated rings. The highest BCUT2D eigenvalue weighted by Crippen LogP contribution is 2.23. The Kier molecular flexibility index (Phi) is 5.72. The predicted molar refractivity (Wildman–Crippen MR) is 117 cm³/mol. The van der Waals surface area contributed by atoms with Crippen molar-refractivity contribution in [2.75, 3.05) is 6.54 Å². The Morgan fingerprint density at radius 1 is 1.13 bits per heavy atom. The number of aryl methyl sites for hydroxylation is 1. The topological polar surface area (TPSA) is 68.6 Å². The molecule has 0 N–H and O–H groups in total. The molecule has 1 unspecified atom stereocenters. The Morgan fingerprint density at radius 2 is 1.87 bits per heavy atom. The smallest absolute Gasteiger partial charge is 0.329 e. The van der Waals surface area contributed by atoms with Crippen LogP contribution < -0.4 is 5.56 Å². The van der Waals surface area contributed by atoms with Gasteiger partial charge in [-0.15, -0.1) is 0 Å². The molecule has 1 saturated heterocycles. The van der Waals surface area contributed by atoms with Gasteiger partial charge >= 0.3 is 5.97 Å². The number of hydrogen-bond acceptors (Lipinski definition) is 4. The fourth-order valence-electron chi connectivity index (χ4n) is 3.85. The molecule has 1 amide bonds. The third-order valence-electron chi connectivity index (χ3n) is 5.45. The molecule has 0 radical (unpaired) electrons. The number of fused-ring (bicyclic) bond motifs is 1. The number of rotatable bonds is 4. The second-order valence-electron chi connectivity index (χ2n) is 7.36. The van der Waals surface area contributed by atoms with Crippen LogP contribution in [0.1, 0.15) is 28.8 Å². The van der Waals surface area contributed by atoms with E-state index in [0.717, 1.165) is 21.8 Å². The highest BCUT2D eigenvalue weighted by atomic mass is 79.9. The Bertz CT molecular complexity index is 1170. The summed E-state index contributed by atoms with van der Waals surface area (Å²) in [6, 6.07) is 15.7. The highest BCUT2D eigenvalue weighted by molar-refractivity contribution is 9.10. The lowest BCUT2D eigenvalue weighted by atomic mass is 10.1. The molecule has 1 aromatic heterocycles. The molecule has 2 aromatic carbocycles. The lowest BCUT2D eigenvalue weighted by Gasteiger charge is -2.23. The van der Waals surface area contributed by atoms with Crippen molar-refractivity contribution in [3.63, 3.8) is 0 Å². The lowest BCUT2D eigenvalue weighted by molar-refractivity contribution is -0.149. The summed E-state index contributed by atoms with van der Waals surface area (Å²) in [5.74, 6) is -0.670. The number of pyridine rings is 1. The summed E-state index contributed by atoms with van der Waals surface area (Å²) in [5.41, 5.74) is 1.56. The maximum Gasteiger partial charge on any atom is 0.329 e. The summed E-state index contributed by atoms with van der Waals surface area (Å²) in [6.07, 6.45) is 1.29. The van der Waals surface area contributed by atoms with Crippen molar-refractivity contribution < 1.29 is 14.3 Å². The normalized spacial score (nSPS) is 16.1. The summed E-state index contributed by atoms with van der Waals surface area (Å²) >= 11 is 3.36. The van der Waals surface area contributed by atoms with E-state index in [-0.39, 0.29) is 18.1 Å². The first-order valence-electron chi connectivity index (χ1n) is 9.76. The molecule has 1 aliphatic rings. The van der Waals surface area contributed by atoms with Crippen molar-refractivity contribution in [1.82, 2.24) is 9.47 Å². The SMILES string of the molecule is Cn1c(=O)c(COC(=O)C2CCCN2C(=O)c2ccc(Br)cc2)cc2ccccc21. The van der Waals surface area contributed by atoms with Crippen LogP contribution in [0.25, 0.3) is 10.9 Å². The van der Waals surface area contributed by atoms with Crippen LogP contribution in [0.4, 0.5) is 0 Å². The fraction of sp³-hybridized carbons (Fsp3) is 0.261. The van der Waals surface area contributed by atoms with Gasteiger partial charge in [0.1, 0.15) is 12.6 Å². The van der Waals surface area contributed by atoms with Gasteiger partial charge in [0.15, 0.2) is 0 Å². The van der Waals surface area contributed by atoms with Crippen LogP contribution in [0.3, 0.4) is 0 Å². The number of ether oxygens (including phenoxy) is 1. The molecule has 0 spiro atoms. The van der Waals surface area contributed by atoms with E-state index in [2.05, 4.69) is 15.9 Å². The quantitative estimate of drug-likeness (QED) is 0.548. The zero-order chi connectivity index (χ0) is 21.3. The van der Waals surface area contributed by atoms with Crippen molar-refractivity contribution in [3.05, 3.63) is 80.6 Å². The van der Waals surface area contributed by atoms with Crippen LogP contribution in [-0.2, 0) is 23.2 Å². The summed E-state index contributed by atoms with van der Waals surface area (Å²) in [4.78, 5) is 39.8. The Hall–Kier alpha value is -2.93. The van der Waals surface area contributed by atoms with Crippen LogP contribution in [0, 0.1) is 0 Å². The number of benzene rings is 2. The zero-order valence-corrected chi connectivity index (χ0v) is 18.1. The van der Waals surface area contributed by atoms with E-state index < -0.39 is 12.0 Å². The highest BCUT2D eigenvalue weighted by Gasteiger charge is 2.35. The lowest BCUT2D eigenvalue weighted by Crippen LogP contribution is -2.41. The van der Waals surface area contributed by atoms with Crippen LogP contribution >= 0.6 is 15.9 Å². The first-order valence-corrected chi connectivity index (χ1v) is 10.6. The summed E-state index contributed by atoms with van der Waals surface area (Å²) < 4.78 is 7.91. The van der Waals surface area contributed by atoms with Crippen molar-refractivity contribution in [2.24, 2.45) is 7.05 Å². The van der Waals surface area contributed by atoms with E-state index in [1.54, 1.807) is 46.8 Å². The van der Waals surface area contributed by atoms with Gasteiger partial charge in [0.25, 0.3) is 11.5 Å². The number of halogens is 1. The van der Waals surface area contributed by atoms with Gasteiger partial charge in [-0.3, -0.25) is 9.59 Å². The number of aromatic nitrogens is 1. The van der Waals surface area contributed by atoms with Gasteiger partial charge in [-0.2, -0.15) is 0 Å². The number of amides is 1. The van der Waals surface area contributed by atoms with E-state index in [4.69, 9.17) is 4.74 Å². The van der Waals surface area contributed by atoms with Crippen molar-refractivity contribution >= 4 is 38.7 Å². The van der Waals surface area contributed by atoms with E-state index in [1.807, 2.05) is 24.3 Å². The number of para-hydroxylation sites is 1. The predicted octanol–water partition coefficient (Wildman–Crippen LogP) is 3.65. The molecule has 0 aliphatic carbocycles. The van der Waals surface area contributed by atoms with Crippen LogP contribution in [0.15, 0.2) is 63.9 Å². The number of carbonyl (C=O) groups excluding carboxylic acids is 2. The van der Waals surface area contributed by atoms with Gasteiger partial charge in [0, 0.05) is 23.6 Å². The number of esters is 1. The summed E-state index contributed by atoms with van der Waals surface area (Å²) in [7, 11) is 1.70. The average Bonchev–Trinajstić information content (AvgIpc) is 3.25. The zero-order valence-electron chi connectivity index (χ0n) is 16.5. The van der Waals surface area contributed by atoms with E-state index in [9.17, 15) is 14.4 Å². The van der Waals surface area contributed by atoms with Crippen molar-refractivity contribution in [3.8, 4) is 0 Å². The minimum absolute atomic E-state index is 0.118. The summed E-state index contributed by atoms with van der Waals surface area (Å²) in [5, 5.41) is 0.901. The maximum atomic E-state index is 12.8. The molecule has 1 aliphatic heterocycles. The minimum atomic E-state index is -0.634. The van der Waals surface area contributed by atoms with E-state index in [0.29, 0.717) is 24.1 Å². The second kappa shape index (κ2) is 8.44. The number of hydrogen-bond donors (Lipinski definition) is 0. The van der Waals surface area contributed by atoms with Gasteiger partial charge < -0.3 is 14.2 Å². The standard InChI is InChI=1S/C23H21BrN2O4/c1-25-19-6-3-2-5-16(19)13-17(21(25)27)14-30-23(29)20-7-4-12-26(20)22(28)15-8-10-18(24)11-9-15/h2-3,5-6,8-11,13,20H,4,7,12,14H2,1H3. The molecular weight excluding hydrogens is 448 g/mol. The molecule has 3 aromatic rings. The third-order valence-corrected chi connectivity index (χ3v) is 5.98. The molecule has 0 saturated carbocycles. The number of nitrogens with zero attached hydrogens (tertiary/aromatic N) is 2. The molecular formula is C23H21BrN2O4. The van der Waals surface area contributed by atoms with Crippen LogP contribution in [0.2, 0.25) is 0 Å². The second-order valence-corrected chi connectivity index (χ2v) is 8.28.